The van der Waals surface area contributed by atoms with Crippen LogP contribution >= 0.6 is 0 Å². The van der Waals surface area contributed by atoms with Gasteiger partial charge < -0.3 is 19.0 Å². The first kappa shape index (κ1) is 23.9. The third-order valence-electron chi connectivity index (χ3n) is 5.21. The molecule has 0 bridgehead atoms. The average molecular weight is 401 g/mol. The van der Waals surface area contributed by atoms with E-state index in [1.54, 1.807) is 0 Å². The van der Waals surface area contributed by atoms with Crippen LogP contribution in [0.25, 0.3) is 0 Å². The Labute approximate surface area is 163 Å². The van der Waals surface area contributed by atoms with Crippen LogP contribution in [0, 0.1) is 17.4 Å². The maximum absolute atomic E-state index is 10.1. The minimum atomic E-state index is -2.03. The highest BCUT2D eigenvalue weighted by Crippen LogP contribution is 2.40. The lowest BCUT2D eigenvalue weighted by atomic mass is 9.92. The molecule has 0 aromatic rings. The van der Waals surface area contributed by atoms with Crippen molar-refractivity contribution in [1.29, 1.82) is 0 Å². The van der Waals surface area contributed by atoms with Gasteiger partial charge in [-0.2, -0.15) is 0 Å². The van der Waals surface area contributed by atoms with Gasteiger partial charge in [-0.1, -0.05) is 53.3 Å². The van der Waals surface area contributed by atoms with Crippen LogP contribution in [0.15, 0.2) is 0 Å². The first-order valence-electron chi connectivity index (χ1n) is 9.66. The minimum Gasteiger partial charge on any atom is -0.409 e. The molecule has 152 valence electrons. The second-order valence-electron chi connectivity index (χ2n) is 10.5. The highest BCUT2D eigenvalue weighted by Gasteiger charge is 2.47. The largest absolute Gasteiger partial charge is 0.409 e. The third kappa shape index (κ3) is 6.47. The molecule has 1 heterocycles. The lowest BCUT2D eigenvalue weighted by Gasteiger charge is -2.48. The van der Waals surface area contributed by atoms with Crippen LogP contribution in [0.2, 0.25) is 37.8 Å². The van der Waals surface area contributed by atoms with Crippen LogP contribution in [-0.4, -0.2) is 52.2 Å². The molecule has 0 radical (unpaired) electrons. The van der Waals surface area contributed by atoms with Crippen LogP contribution in [0.5, 0.6) is 0 Å². The molecule has 1 fully saturated rings. The minimum absolute atomic E-state index is 0.0220. The molecule has 1 rings (SSSR count). The van der Waals surface area contributed by atoms with Gasteiger partial charge in [0.2, 0.25) is 0 Å². The number of aliphatic hydroxyl groups excluding tert-OH is 1. The van der Waals surface area contributed by atoms with E-state index in [2.05, 4.69) is 71.9 Å². The van der Waals surface area contributed by atoms with E-state index < -0.39 is 22.2 Å². The van der Waals surface area contributed by atoms with Crippen molar-refractivity contribution in [2.45, 2.75) is 103 Å². The highest BCUT2D eigenvalue weighted by atomic mass is 28.4. The van der Waals surface area contributed by atoms with Gasteiger partial charge in [-0.3, -0.25) is 0 Å². The predicted octanol–water partition coefficient (Wildman–Crippen LogP) is 4.41. The SMILES string of the molecule is C[C@@H]1[C@H]([C@H](CO)O[Si](C)(C)C(C)(C)C)OC(C)(C)O[C@@H]1C#C[Si](C)(C)C. The second kappa shape index (κ2) is 8.06. The monoisotopic (exact) mass is 400 g/mol. The molecule has 0 spiro atoms. The van der Waals surface area contributed by atoms with E-state index in [4.69, 9.17) is 13.9 Å². The zero-order chi connectivity index (χ0) is 20.6. The zero-order valence-electron chi connectivity index (χ0n) is 18.7. The first-order valence-corrected chi connectivity index (χ1v) is 16.1. The molecule has 4 atom stereocenters. The van der Waals surface area contributed by atoms with Crippen molar-refractivity contribution >= 4 is 16.4 Å². The van der Waals surface area contributed by atoms with Gasteiger partial charge in [0.05, 0.1) is 18.8 Å². The van der Waals surface area contributed by atoms with Gasteiger partial charge in [0, 0.05) is 5.92 Å². The Hall–Kier alpha value is -0.166. The average Bonchev–Trinajstić information content (AvgIpc) is 2.43. The third-order valence-corrected chi connectivity index (χ3v) is 10.6. The Kier molecular flexibility index (Phi) is 7.40. The summed E-state index contributed by atoms with van der Waals surface area (Å²) in [5.74, 6) is 2.62. The Balaban J connectivity index is 3.12. The van der Waals surface area contributed by atoms with Crippen LogP contribution in [0.4, 0.5) is 0 Å². The van der Waals surface area contributed by atoms with E-state index in [-0.39, 0.29) is 35.9 Å². The molecule has 1 N–H and O–H groups in total. The van der Waals surface area contributed by atoms with E-state index in [0.29, 0.717) is 0 Å². The predicted molar refractivity (Wildman–Crippen MR) is 113 cm³/mol. The van der Waals surface area contributed by atoms with Gasteiger partial charge in [-0.25, -0.2) is 0 Å². The van der Waals surface area contributed by atoms with Gasteiger partial charge in [0.1, 0.15) is 14.2 Å². The van der Waals surface area contributed by atoms with Crippen molar-refractivity contribution in [1.82, 2.24) is 0 Å². The van der Waals surface area contributed by atoms with Crippen LogP contribution in [-0.2, 0) is 13.9 Å². The van der Waals surface area contributed by atoms with Crippen molar-refractivity contribution in [3.63, 3.8) is 0 Å². The van der Waals surface area contributed by atoms with Gasteiger partial charge in [0.25, 0.3) is 0 Å². The summed E-state index contributed by atoms with van der Waals surface area (Å²) in [6.07, 6.45) is -0.836. The molecule has 26 heavy (non-hydrogen) atoms. The lowest BCUT2D eigenvalue weighted by Crippen LogP contribution is -2.58. The summed E-state index contributed by atoms with van der Waals surface area (Å²) in [5, 5.41) is 10.2. The first-order chi connectivity index (χ1) is 11.5. The fraction of sp³-hybridized carbons (Fsp3) is 0.900. The van der Waals surface area contributed by atoms with Crippen molar-refractivity contribution in [2.75, 3.05) is 6.61 Å². The molecule has 4 nitrogen and oxygen atoms in total. The number of aliphatic hydroxyl groups is 1. The van der Waals surface area contributed by atoms with Crippen LogP contribution < -0.4 is 0 Å². The van der Waals surface area contributed by atoms with E-state index in [0.717, 1.165) is 0 Å². The van der Waals surface area contributed by atoms with Crippen molar-refractivity contribution < 1.29 is 19.0 Å². The summed E-state index contributed by atoms with van der Waals surface area (Å²) in [7, 11) is -3.52. The Morgan fingerprint density at radius 3 is 2.08 bits per heavy atom. The molecular weight excluding hydrogens is 360 g/mol. The molecule has 0 aliphatic carbocycles. The number of ether oxygens (including phenoxy) is 2. The summed E-state index contributed by atoms with van der Waals surface area (Å²) < 4.78 is 18.8. The quantitative estimate of drug-likeness (QED) is 0.561. The second-order valence-corrected chi connectivity index (χ2v) is 20.0. The van der Waals surface area contributed by atoms with E-state index in [1.807, 2.05) is 13.8 Å². The Morgan fingerprint density at radius 2 is 1.65 bits per heavy atom. The summed E-state index contributed by atoms with van der Waals surface area (Å²) in [4.78, 5) is 0. The molecule has 1 aliphatic rings. The van der Waals surface area contributed by atoms with E-state index in [1.165, 1.54) is 0 Å². The summed E-state index contributed by atoms with van der Waals surface area (Å²) in [6.45, 7) is 23.5. The summed E-state index contributed by atoms with van der Waals surface area (Å²) in [5.41, 5.74) is 3.42. The normalized spacial score (nSPS) is 28.2. The highest BCUT2D eigenvalue weighted by molar-refractivity contribution is 6.83. The van der Waals surface area contributed by atoms with Crippen molar-refractivity contribution in [2.24, 2.45) is 5.92 Å². The molecule has 0 aromatic heterocycles. The van der Waals surface area contributed by atoms with E-state index >= 15 is 0 Å². The molecule has 0 aromatic carbocycles. The smallest absolute Gasteiger partial charge is 0.192 e. The van der Waals surface area contributed by atoms with E-state index in [9.17, 15) is 5.11 Å². The molecule has 0 unspecified atom stereocenters. The van der Waals surface area contributed by atoms with Gasteiger partial charge in [-0.15, -0.1) is 5.54 Å². The molecule has 6 heteroatoms. The van der Waals surface area contributed by atoms with Crippen molar-refractivity contribution in [3.8, 4) is 11.5 Å². The molecule has 0 saturated carbocycles. The number of hydrogen-bond donors (Lipinski definition) is 1. The molecule has 0 amide bonds. The van der Waals surface area contributed by atoms with Crippen LogP contribution in [0.1, 0.15) is 41.5 Å². The number of hydrogen-bond acceptors (Lipinski definition) is 4. The molecule has 1 aliphatic heterocycles. The standard InChI is InChI=1S/C20H40O4Si2/c1-15-16(12-13-25(7,8)9)22-20(5,6)23-18(15)17(14-21)24-26(10,11)19(2,3)4/h15-18,21H,14H2,1-11H3/t15-,16+,17-,18+/m0/s1. The molecular formula is C20H40O4Si2. The fourth-order valence-electron chi connectivity index (χ4n) is 2.67. The maximum Gasteiger partial charge on any atom is 0.192 e. The fourth-order valence-corrected chi connectivity index (χ4v) is 4.57. The van der Waals surface area contributed by atoms with Gasteiger partial charge in [-0.05, 0) is 32.0 Å². The van der Waals surface area contributed by atoms with Crippen LogP contribution in [0.3, 0.4) is 0 Å². The van der Waals surface area contributed by atoms with Gasteiger partial charge >= 0.3 is 0 Å². The van der Waals surface area contributed by atoms with Crippen molar-refractivity contribution in [3.05, 3.63) is 0 Å². The molecule has 1 saturated heterocycles. The topological polar surface area (TPSA) is 47.9 Å². The lowest BCUT2D eigenvalue weighted by molar-refractivity contribution is -0.321. The van der Waals surface area contributed by atoms with Gasteiger partial charge in [0.15, 0.2) is 14.1 Å². The Morgan fingerprint density at radius 1 is 1.12 bits per heavy atom. The summed E-state index contributed by atoms with van der Waals surface area (Å²) in [6, 6.07) is 0. The maximum atomic E-state index is 10.1. The Bertz CT molecular complexity index is 535. The summed E-state index contributed by atoms with van der Waals surface area (Å²) >= 11 is 0. The zero-order valence-corrected chi connectivity index (χ0v) is 20.7. The number of rotatable bonds is 4.